The van der Waals surface area contributed by atoms with Crippen molar-refractivity contribution < 1.29 is 4.79 Å². The number of hydrogen-bond donors (Lipinski definition) is 0. The Hall–Kier alpha value is -1.02. The van der Waals surface area contributed by atoms with Gasteiger partial charge in [-0.15, -0.1) is 0 Å². The number of carbonyl (C=O) groups excluding carboxylic acids is 1. The fourth-order valence-electron chi connectivity index (χ4n) is 1.65. The van der Waals surface area contributed by atoms with Crippen molar-refractivity contribution in [3.8, 4) is 0 Å². The molecule has 0 unspecified atom stereocenters. The number of benzene rings is 2. The van der Waals surface area contributed by atoms with Gasteiger partial charge in [0, 0.05) is 27.1 Å². The lowest BCUT2D eigenvalue weighted by Crippen LogP contribution is -2.03. The molecular weight excluding hydrogens is 291 g/mol. The largest absolute Gasteiger partial charge is 0.294 e. The minimum Gasteiger partial charge on any atom is -0.294 e. The number of Topliss-reactive ketones (excluding diaryl/α,β-unsaturated/α-hetero) is 1. The van der Waals surface area contributed by atoms with Crippen LogP contribution in [-0.2, 0) is 6.42 Å². The van der Waals surface area contributed by atoms with Crippen LogP contribution in [0.3, 0.4) is 0 Å². The first-order chi connectivity index (χ1) is 8.54. The SMILES string of the molecule is O=C(Cc1cccc(Cl)c1)c1cc(Cl)cc(Cl)c1. The lowest BCUT2D eigenvalue weighted by molar-refractivity contribution is 0.0993. The second kappa shape index (κ2) is 5.75. The van der Waals surface area contributed by atoms with Crippen molar-refractivity contribution >= 4 is 40.6 Å². The summed E-state index contributed by atoms with van der Waals surface area (Å²) in [5.74, 6) is -0.0401. The molecule has 0 heterocycles. The smallest absolute Gasteiger partial charge is 0.167 e. The van der Waals surface area contributed by atoms with E-state index in [1.165, 1.54) is 0 Å². The third kappa shape index (κ3) is 3.49. The van der Waals surface area contributed by atoms with Crippen molar-refractivity contribution in [2.75, 3.05) is 0 Å². The van der Waals surface area contributed by atoms with Gasteiger partial charge in [-0.05, 0) is 35.9 Å². The molecule has 92 valence electrons. The Balaban J connectivity index is 2.22. The summed E-state index contributed by atoms with van der Waals surface area (Å²) in [6.45, 7) is 0. The van der Waals surface area contributed by atoms with Crippen LogP contribution in [0.1, 0.15) is 15.9 Å². The molecule has 0 aliphatic heterocycles. The quantitative estimate of drug-likeness (QED) is 0.723. The van der Waals surface area contributed by atoms with E-state index in [9.17, 15) is 4.79 Å². The zero-order chi connectivity index (χ0) is 13.1. The summed E-state index contributed by atoms with van der Waals surface area (Å²) >= 11 is 17.6. The van der Waals surface area contributed by atoms with E-state index in [0.29, 0.717) is 20.6 Å². The predicted octanol–water partition coefficient (Wildman–Crippen LogP) is 5.07. The molecule has 0 bridgehead atoms. The number of carbonyl (C=O) groups is 1. The van der Waals surface area contributed by atoms with Gasteiger partial charge in [-0.2, -0.15) is 0 Å². The molecule has 0 amide bonds. The highest BCUT2D eigenvalue weighted by Crippen LogP contribution is 2.21. The lowest BCUT2D eigenvalue weighted by atomic mass is 10.0. The second-order valence-corrected chi connectivity index (χ2v) is 5.20. The van der Waals surface area contributed by atoms with Gasteiger partial charge in [0.2, 0.25) is 0 Å². The first-order valence-electron chi connectivity index (χ1n) is 5.28. The Bertz CT molecular complexity index is 573. The third-order valence-corrected chi connectivity index (χ3v) is 3.11. The molecule has 1 nitrogen and oxygen atoms in total. The average Bonchev–Trinajstić information content (AvgIpc) is 2.27. The molecule has 0 N–H and O–H groups in total. The minimum atomic E-state index is -0.0401. The molecule has 4 heteroatoms. The van der Waals surface area contributed by atoms with Crippen molar-refractivity contribution in [2.45, 2.75) is 6.42 Å². The van der Waals surface area contributed by atoms with Crippen LogP contribution >= 0.6 is 34.8 Å². The molecule has 2 rings (SSSR count). The van der Waals surface area contributed by atoms with Gasteiger partial charge in [-0.3, -0.25) is 4.79 Å². The Morgan fingerprint density at radius 1 is 0.889 bits per heavy atom. The monoisotopic (exact) mass is 298 g/mol. The van der Waals surface area contributed by atoms with Crippen molar-refractivity contribution in [1.29, 1.82) is 0 Å². The summed E-state index contributed by atoms with van der Waals surface area (Å²) in [5.41, 5.74) is 1.37. The van der Waals surface area contributed by atoms with Gasteiger partial charge in [-0.1, -0.05) is 46.9 Å². The molecular formula is C14H9Cl3O. The summed E-state index contributed by atoms with van der Waals surface area (Å²) in [6.07, 6.45) is 0.275. The molecule has 0 atom stereocenters. The maximum Gasteiger partial charge on any atom is 0.167 e. The highest BCUT2D eigenvalue weighted by atomic mass is 35.5. The van der Waals surface area contributed by atoms with Crippen LogP contribution in [0.5, 0.6) is 0 Å². The molecule has 0 spiro atoms. The van der Waals surface area contributed by atoms with Crippen LogP contribution < -0.4 is 0 Å². The van der Waals surface area contributed by atoms with Gasteiger partial charge in [-0.25, -0.2) is 0 Å². The van der Waals surface area contributed by atoms with E-state index in [1.807, 2.05) is 12.1 Å². The zero-order valence-corrected chi connectivity index (χ0v) is 11.6. The van der Waals surface area contributed by atoms with E-state index in [1.54, 1.807) is 30.3 Å². The first kappa shape index (κ1) is 13.4. The van der Waals surface area contributed by atoms with Gasteiger partial charge in [0.15, 0.2) is 5.78 Å². The van der Waals surface area contributed by atoms with Crippen molar-refractivity contribution in [2.24, 2.45) is 0 Å². The standard InChI is InChI=1S/C14H9Cl3O/c15-11-3-1-2-9(4-11)5-14(18)10-6-12(16)8-13(17)7-10/h1-4,6-8H,5H2. The maximum atomic E-state index is 12.1. The number of hydrogen-bond acceptors (Lipinski definition) is 1. The van der Waals surface area contributed by atoms with Crippen LogP contribution in [0.25, 0.3) is 0 Å². The molecule has 0 aliphatic rings. The van der Waals surface area contributed by atoms with Gasteiger partial charge in [0.25, 0.3) is 0 Å². The van der Waals surface area contributed by atoms with E-state index in [2.05, 4.69) is 0 Å². The first-order valence-corrected chi connectivity index (χ1v) is 6.42. The molecule has 2 aromatic rings. The fraction of sp³-hybridized carbons (Fsp3) is 0.0714. The molecule has 18 heavy (non-hydrogen) atoms. The molecule has 0 saturated heterocycles. The highest BCUT2D eigenvalue weighted by molar-refractivity contribution is 6.35. The molecule has 0 fully saturated rings. The number of ketones is 1. The van der Waals surface area contributed by atoms with Gasteiger partial charge in [0.05, 0.1) is 0 Å². The van der Waals surface area contributed by atoms with Crippen molar-refractivity contribution in [3.05, 3.63) is 68.7 Å². The summed E-state index contributed by atoms with van der Waals surface area (Å²) in [6, 6.07) is 12.0. The Morgan fingerprint density at radius 2 is 1.56 bits per heavy atom. The Morgan fingerprint density at radius 3 is 2.17 bits per heavy atom. The lowest BCUT2D eigenvalue weighted by Gasteiger charge is -2.03. The number of halogens is 3. The van der Waals surface area contributed by atoms with Crippen LogP contribution in [0.15, 0.2) is 42.5 Å². The van der Waals surface area contributed by atoms with E-state index in [-0.39, 0.29) is 12.2 Å². The topological polar surface area (TPSA) is 17.1 Å². The Labute approximate surface area is 120 Å². The number of rotatable bonds is 3. The van der Waals surface area contributed by atoms with Crippen LogP contribution in [0.2, 0.25) is 15.1 Å². The molecule has 0 aliphatic carbocycles. The molecule has 0 aromatic heterocycles. The summed E-state index contributed by atoms with van der Waals surface area (Å²) in [5, 5.41) is 1.53. The van der Waals surface area contributed by atoms with E-state index in [4.69, 9.17) is 34.8 Å². The van der Waals surface area contributed by atoms with E-state index in [0.717, 1.165) is 5.56 Å². The van der Waals surface area contributed by atoms with Gasteiger partial charge < -0.3 is 0 Å². The van der Waals surface area contributed by atoms with E-state index >= 15 is 0 Å². The van der Waals surface area contributed by atoms with Gasteiger partial charge in [0.1, 0.15) is 0 Å². The van der Waals surface area contributed by atoms with Crippen LogP contribution in [0.4, 0.5) is 0 Å². The zero-order valence-electron chi connectivity index (χ0n) is 9.29. The van der Waals surface area contributed by atoms with Crippen molar-refractivity contribution in [1.82, 2.24) is 0 Å². The molecule has 2 aromatic carbocycles. The average molecular weight is 300 g/mol. The summed E-state index contributed by atoms with van der Waals surface area (Å²) < 4.78 is 0. The Kier molecular flexibility index (Phi) is 4.28. The van der Waals surface area contributed by atoms with Gasteiger partial charge >= 0.3 is 0 Å². The maximum absolute atomic E-state index is 12.1. The summed E-state index contributed by atoms with van der Waals surface area (Å²) in [7, 11) is 0. The van der Waals surface area contributed by atoms with Crippen LogP contribution in [0, 0.1) is 0 Å². The highest BCUT2D eigenvalue weighted by Gasteiger charge is 2.09. The molecule has 0 radical (unpaired) electrons. The third-order valence-electron chi connectivity index (χ3n) is 2.44. The second-order valence-electron chi connectivity index (χ2n) is 3.89. The summed E-state index contributed by atoms with van der Waals surface area (Å²) in [4.78, 5) is 12.1. The van der Waals surface area contributed by atoms with Crippen LogP contribution in [-0.4, -0.2) is 5.78 Å². The van der Waals surface area contributed by atoms with E-state index < -0.39 is 0 Å². The normalized spacial score (nSPS) is 10.4. The van der Waals surface area contributed by atoms with Crippen molar-refractivity contribution in [3.63, 3.8) is 0 Å². The minimum absolute atomic E-state index is 0.0401. The molecule has 0 saturated carbocycles. The predicted molar refractivity (Wildman–Crippen MR) is 75.9 cm³/mol. The fourth-order valence-corrected chi connectivity index (χ4v) is 2.39.